The fourth-order valence-corrected chi connectivity index (χ4v) is 1.99. The molecule has 0 amide bonds. The van der Waals surface area contributed by atoms with E-state index in [0.717, 1.165) is 6.42 Å². The smallest absolute Gasteiger partial charge is 0.270 e. The summed E-state index contributed by atoms with van der Waals surface area (Å²) < 4.78 is 0. The quantitative estimate of drug-likeness (QED) is 0.609. The number of phenols is 1. The largest absolute Gasteiger partial charge is 0.508 e. The maximum Gasteiger partial charge on any atom is 0.270 e. The van der Waals surface area contributed by atoms with Gasteiger partial charge in [0.25, 0.3) is 5.69 Å². The average molecular weight is 218 g/mol. The second kappa shape index (κ2) is 3.49. The van der Waals surface area contributed by atoms with Gasteiger partial charge in [0.1, 0.15) is 5.75 Å². The van der Waals surface area contributed by atoms with Gasteiger partial charge in [0.2, 0.25) is 0 Å². The number of aromatic hydroxyl groups is 1. The fourth-order valence-electron chi connectivity index (χ4n) is 1.99. The first-order valence-electron chi connectivity index (χ1n) is 4.98. The Balaban J connectivity index is 2.51. The van der Waals surface area contributed by atoms with Crippen LogP contribution in [0.5, 0.6) is 5.75 Å². The zero-order valence-corrected chi connectivity index (χ0v) is 8.51. The number of non-ortho nitro benzene ring substituents is 1. The number of nitro groups is 1. The summed E-state index contributed by atoms with van der Waals surface area (Å²) >= 11 is 0. The van der Waals surface area contributed by atoms with E-state index < -0.39 is 10.3 Å². The maximum atomic E-state index is 10.6. The predicted molar refractivity (Wildman–Crippen MR) is 55.9 cm³/mol. The Morgan fingerprint density at radius 1 is 1.50 bits per heavy atom. The second-order valence-electron chi connectivity index (χ2n) is 4.01. The monoisotopic (exact) mass is 218 g/mol. The van der Waals surface area contributed by atoms with E-state index >= 15 is 0 Å². The topological polar surface area (TPSA) is 87.2 Å². The molecule has 0 saturated heterocycles. The van der Waals surface area contributed by atoms with Gasteiger partial charge in [-0.15, -0.1) is 0 Å². The van der Waals surface area contributed by atoms with Gasteiger partial charge in [-0.1, -0.05) is 0 Å². The Bertz CT molecular complexity index is 486. The van der Waals surface area contributed by atoms with Crippen molar-refractivity contribution in [3.63, 3.8) is 0 Å². The highest BCUT2D eigenvalue weighted by molar-refractivity contribution is 5.50. The molecule has 0 atom stereocenters. The summed E-state index contributed by atoms with van der Waals surface area (Å²) in [6.45, 7) is 0. The minimum atomic E-state index is -0.726. The van der Waals surface area contributed by atoms with E-state index in [-0.39, 0.29) is 11.4 Å². The van der Waals surface area contributed by atoms with Gasteiger partial charge in [-0.3, -0.25) is 10.1 Å². The third-order valence-corrected chi connectivity index (χ3v) is 3.13. The van der Waals surface area contributed by atoms with Crippen LogP contribution in [0.25, 0.3) is 0 Å². The highest BCUT2D eigenvalue weighted by Gasteiger charge is 2.41. The van der Waals surface area contributed by atoms with E-state index in [4.69, 9.17) is 5.26 Å². The first kappa shape index (κ1) is 10.4. The molecule has 1 aliphatic rings. The van der Waals surface area contributed by atoms with Crippen LogP contribution in [0.1, 0.15) is 24.8 Å². The lowest BCUT2D eigenvalue weighted by Gasteiger charge is -2.35. The summed E-state index contributed by atoms with van der Waals surface area (Å²) in [7, 11) is 0. The SMILES string of the molecule is N#CC1(c2cc([N+](=O)[O-])ccc2O)CCC1. The minimum Gasteiger partial charge on any atom is -0.508 e. The van der Waals surface area contributed by atoms with Gasteiger partial charge in [-0.2, -0.15) is 5.26 Å². The molecule has 1 fully saturated rings. The van der Waals surface area contributed by atoms with Crippen LogP contribution in [0.4, 0.5) is 5.69 Å². The molecule has 82 valence electrons. The molecule has 0 spiro atoms. The lowest BCUT2D eigenvalue weighted by atomic mass is 9.65. The van der Waals surface area contributed by atoms with Crippen molar-refractivity contribution >= 4 is 5.69 Å². The molecular formula is C11H10N2O3. The predicted octanol–water partition coefficient (Wildman–Crippen LogP) is 2.25. The molecule has 5 heteroatoms. The van der Waals surface area contributed by atoms with Crippen LogP contribution in [-0.4, -0.2) is 10.0 Å². The molecule has 0 unspecified atom stereocenters. The Morgan fingerprint density at radius 2 is 2.19 bits per heavy atom. The van der Waals surface area contributed by atoms with E-state index in [9.17, 15) is 15.2 Å². The summed E-state index contributed by atoms with van der Waals surface area (Å²) in [5, 5.41) is 29.4. The number of rotatable bonds is 2. The molecule has 5 nitrogen and oxygen atoms in total. The Labute approximate surface area is 92.1 Å². The van der Waals surface area contributed by atoms with Gasteiger partial charge < -0.3 is 5.11 Å². The third-order valence-electron chi connectivity index (χ3n) is 3.13. The summed E-state index contributed by atoms with van der Waals surface area (Å²) in [5.74, 6) is -0.0353. The van der Waals surface area contributed by atoms with Crippen LogP contribution in [0.15, 0.2) is 18.2 Å². The summed E-state index contributed by atoms with van der Waals surface area (Å²) in [6.07, 6.45) is 2.21. The third kappa shape index (κ3) is 1.39. The number of hydrogen-bond acceptors (Lipinski definition) is 4. The van der Waals surface area contributed by atoms with Crippen molar-refractivity contribution in [3.05, 3.63) is 33.9 Å². The van der Waals surface area contributed by atoms with Gasteiger partial charge >= 0.3 is 0 Å². The van der Waals surface area contributed by atoms with Crippen molar-refractivity contribution < 1.29 is 10.0 Å². The minimum absolute atomic E-state index is 0.0353. The first-order chi connectivity index (χ1) is 7.59. The first-order valence-corrected chi connectivity index (χ1v) is 4.98. The number of nitriles is 1. The van der Waals surface area contributed by atoms with Crippen LogP contribution < -0.4 is 0 Å². The number of nitro benzene ring substituents is 1. The maximum absolute atomic E-state index is 10.6. The molecule has 0 aliphatic heterocycles. The van der Waals surface area contributed by atoms with Crippen LogP contribution in [0.3, 0.4) is 0 Å². The molecule has 0 radical (unpaired) electrons. The number of nitrogens with zero attached hydrogens (tertiary/aromatic N) is 2. The molecule has 1 saturated carbocycles. The highest BCUT2D eigenvalue weighted by atomic mass is 16.6. The van der Waals surface area contributed by atoms with Crippen molar-refractivity contribution in [1.82, 2.24) is 0 Å². The zero-order valence-electron chi connectivity index (χ0n) is 8.51. The molecule has 1 aromatic carbocycles. The van der Waals surface area contributed by atoms with Crippen LogP contribution in [0, 0.1) is 21.4 Å². The number of benzene rings is 1. The van der Waals surface area contributed by atoms with E-state index in [0.29, 0.717) is 18.4 Å². The Kier molecular flexibility index (Phi) is 2.27. The highest BCUT2D eigenvalue weighted by Crippen LogP contribution is 2.47. The lowest BCUT2D eigenvalue weighted by molar-refractivity contribution is -0.385. The van der Waals surface area contributed by atoms with E-state index in [1.165, 1.54) is 18.2 Å². The van der Waals surface area contributed by atoms with Crippen molar-refractivity contribution in [3.8, 4) is 11.8 Å². The summed E-state index contributed by atoms with van der Waals surface area (Å²) in [6, 6.07) is 5.98. The molecule has 0 heterocycles. The Morgan fingerprint density at radius 3 is 2.62 bits per heavy atom. The lowest BCUT2D eigenvalue weighted by Crippen LogP contribution is -2.32. The summed E-state index contributed by atoms with van der Waals surface area (Å²) in [4.78, 5) is 10.1. The van der Waals surface area contributed by atoms with Crippen molar-refractivity contribution in [1.29, 1.82) is 5.26 Å². The van der Waals surface area contributed by atoms with Gasteiger partial charge in [0.15, 0.2) is 0 Å². The molecule has 1 aliphatic carbocycles. The van der Waals surface area contributed by atoms with Gasteiger partial charge in [0.05, 0.1) is 16.4 Å². The van der Waals surface area contributed by atoms with Crippen molar-refractivity contribution in [2.75, 3.05) is 0 Å². The van der Waals surface area contributed by atoms with Crippen molar-refractivity contribution in [2.45, 2.75) is 24.7 Å². The van der Waals surface area contributed by atoms with E-state index in [1.807, 2.05) is 0 Å². The van der Waals surface area contributed by atoms with E-state index in [1.54, 1.807) is 0 Å². The molecular weight excluding hydrogens is 208 g/mol. The normalized spacial score (nSPS) is 17.2. The number of hydrogen-bond donors (Lipinski definition) is 1. The van der Waals surface area contributed by atoms with Crippen LogP contribution in [0.2, 0.25) is 0 Å². The molecule has 1 aromatic rings. The van der Waals surface area contributed by atoms with Crippen LogP contribution >= 0.6 is 0 Å². The van der Waals surface area contributed by atoms with E-state index in [2.05, 4.69) is 6.07 Å². The zero-order chi connectivity index (χ0) is 11.8. The molecule has 0 aromatic heterocycles. The molecule has 1 N–H and O–H groups in total. The van der Waals surface area contributed by atoms with Crippen LogP contribution in [-0.2, 0) is 5.41 Å². The fraction of sp³-hybridized carbons (Fsp3) is 0.364. The second-order valence-corrected chi connectivity index (χ2v) is 4.01. The number of phenolic OH excluding ortho intramolecular Hbond substituents is 1. The Hall–Kier alpha value is -2.09. The molecule has 2 rings (SSSR count). The van der Waals surface area contributed by atoms with Gasteiger partial charge in [-0.25, -0.2) is 0 Å². The van der Waals surface area contributed by atoms with Gasteiger partial charge in [0, 0.05) is 17.7 Å². The van der Waals surface area contributed by atoms with Crippen molar-refractivity contribution in [2.24, 2.45) is 0 Å². The van der Waals surface area contributed by atoms with Gasteiger partial charge in [-0.05, 0) is 25.3 Å². The summed E-state index contributed by atoms with van der Waals surface area (Å²) in [5.41, 5.74) is -0.430. The standard InChI is InChI=1S/C11H10N2O3/c12-7-11(4-1-5-11)9-6-8(13(15)16)2-3-10(9)14/h2-3,6,14H,1,4-5H2. The average Bonchev–Trinajstić information content (AvgIpc) is 2.19. The molecule has 0 bridgehead atoms. The molecule has 16 heavy (non-hydrogen) atoms.